The van der Waals surface area contributed by atoms with E-state index >= 15 is 0 Å². The van der Waals surface area contributed by atoms with E-state index in [0.29, 0.717) is 16.6 Å². The molecule has 88 valence electrons. The van der Waals surface area contributed by atoms with Crippen LogP contribution < -0.4 is 5.32 Å². The zero-order valence-electron chi connectivity index (χ0n) is 9.09. The number of hydrogen-bond donors (Lipinski definition) is 1. The standard InChI is InChI=1S/C11H13Cl2NO2/c1-7(11(15)16-2)6-14-10-4-8(12)3-9(13)5-10/h3-5,7,14H,6H2,1-2H3. The molecule has 3 nitrogen and oxygen atoms in total. The van der Waals surface area contributed by atoms with Crippen molar-refractivity contribution in [1.82, 2.24) is 0 Å². The first-order chi connectivity index (χ1) is 7.52. The van der Waals surface area contributed by atoms with Gasteiger partial charge in [0.05, 0.1) is 13.0 Å². The lowest BCUT2D eigenvalue weighted by Crippen LogP contribution is -2.21. The third-order valence-electron chi connectivity index (χ3n) is 2.08. The summed E-state index contributed by atoms with van der Waals surface area (Å²) in [5, 5.41) is 4.18. The van der Waals surface area contributed by atoms with Crippen LogP contribution in [-0.2, 0) is 9.53 Å². The van der Waals surface area contributed by atoms with Crippen LogP contribution in [0.4, 0.5) is 5.69 Å². The average Bonchev–Trinajstić information content (AvgIpc) is 2.23. The maximum absolute atomic E-state index is 11.2. The lowest BCUT2D eigenvalue weighted by atomic mass is 10.2. The van der Waals surface area contributed by atoms with Crippen molar-refractivity contribution in [3.05, 3.63) is 28.2 Å². The number of rotatable bonds is 4. The van der Waals surface area contributed by atoms with Crippen LogP contribution in [0.25, 0.3) is 0 Å². The van der Waals surface area contributed by atoms with E-state index in [1.807, 2.05) is 0 Å². The first-order valence-electron chi connectivity index (χ1n) is 4.80. The van der Waals surface area contributed by atoms with Crippen LogP contribution in [0.2, 0.25) is 10.0 Å². The van der Waals surface area contributed by atoms with Gasteiger partial charge in [-0.2, -0.15) is 0 Å². The second-order valence-electron chi connectivity index (χ2n) is 3.46. The van der Waals surface area contributed by atoms with Crippen LogP contribution in [0.3, 0.4) is 0 Å². The van der Waals surface area contributed by atoms with Gasteiger partial charge in [-0.25, -0.2) is 0 Å². The van der Waals surface area contributed by atoms with E-state index < -0.39 is 0 Å². The van der Waals surface area contributed by atoms with E-state index in [1.165, 1.54) is 7.11 Å². The Balaban J connectivity index is 2.57. The van der Waals surface area contributed by atoms with Gasteiger partial charge in [-0.1, -0.05) is 30.1 Å². The molecule has 16 heavy (non-hydrogen) atoms. The molecule has 0 radical (unpaired) electrons. The number of halogens is 2. The normalized spacial score (nSPS) is 12.0. The molecule has 0 aromatic heterocycles. The van der Waals surface area contributed by atoms with E-state index in [1.54, 1.807) is 25.1 Å². The molecule has 1 N–H and O–H groups in total. The zero-order chi connectivity index (χ0) is 12.1. The van der Waals surface area contributed by atoms with Crippen LogP contribution in [0, 0.1) is 5.92 Å². The van der Waals surface area contributed by atoms with Crippen molar-refractivity contribution >= 4 is 34.9 Å². The number of anilines is 1. The summed E-state index contributed by atoms with van der Waals surface area (Å²) in [7, 11) is 1.37. The SMILES string of the molecule is COC(=O)C(C)CNc1cc(Cl)cc(Cl)c1. The van der Waals surface area contributed by atoms with Crippen molar-refractivity contribution in [3.8, 4) is 0 Å². The molecule has 0 aliphatic heterocycles. The van der Waals surface area contributed by atoms with Crippen molar-refractivity contribution in [2.75, 3.05) is 19.0 Å². The van der Waals surface area contributed by atoms with Gasteiger partial charge in [0, 0.05) is 22.3 Å². The molecule has 0 aliphatic rings. The maximum atomic E-state index is 11.2. The van der Waals surface area contributed by atoms with E-state index in [2.05, 4.69) is 10.1 Å². The second kappa shape index (κ2) is 5.97. The number of hydrogen-bond acceptors (Lipinski definition) is 3. The van der Waals surface area contributed by atoms with Gasteiger partial charge < -0.3 is 10.1 Å². The van der Waals surface area contributed by atoms with Crippen LogP contribution in [0.1, 0.15) is 6.92 Å². The molecule has 1 aromatic rings. The number of benzene rings is 1. The Kier molecular flexibility index (Phi) is 4.90. The summed E-state index contributed by atoms with van der Waals surface area (Å²) in [4.78, 5) is 11.2. The molecule has 0 saturated heterocycles. The molecular formula is C11H13Cl2NO2. The molecule has 5 heteroatoms. The Labute approximate surface area is 105 Å². The fraction of sp³-hybridized carbons (Fsp3) is 0.364. The predicted octanol–water partition coefficient (Wildman–Crippen LogP) is 3.21. The fourth-order valence-electron chi connectivity index (χ4n) is 1.21. The van der Waals surface area contributed by atoms with Gasteiger partial charge in [-0.05, 0) is 18.2 Å². The lowest BCUT2D eigenvalue weighted by molar-refractivity contribution is -0.144. The zero-order valence-corrected chi connectivity index (χ0v) is 10.6. The van der Waals surface area contributed by atoms with Crippen molar-refractivity contribution < 1.29 is 9.53 Å². The number of carbonyl (C=O) groups excluding carboxylic acids is 1. The molecule has 1 unspecified atom stereocenters. The van der Waals surface area contributed by atoms with Gasteiger partial charge in [0.2, 0.25) is 0 Å². The van der Waals surface area contributed by atoms with E-state index in [0.717, 1.165) is 5.69 Å². The van der Waals surface area contributed by atoms with Crippen LogP contribution in [0.5, 0.6) is 0 Å². The molecule has 0 bridgehead atoms. The molecule has 1 rings (SSSR count). The maximum Gasteiger partial charge on any atom is 0.310 e. The van der Waals surface area contributed by atoms with Gasteiger partial charge in [-0.15, -0.1) is 0 Å². The molecule has 0 aliphatic carbocycles. The van der Waals surface area contributed by atoms with Gasteiger partial charge >= 0.3 is 5.97 Å². The van der Waals surface area contributed by atoms with Crippen LogP contribution in [0.15, 0.2) is 18.2 Å². The largest absolute Gasteiger partial charge is 0.469 e. The van der Waals surface area contributed by atoms with Crippen molar-refractivity contribution in [2.24, 2.45) is 5.92 Å². The topological polar surface area (TPSA) is 38.3 Å². The molecule has 0 fully saturated rings. The summed E-state index contributed by atoms with van der Waals surface area (Å²) >= 11 is 11.7. The highest BCUT2D eigenvalue weighted by Gasteiger charge is 2.12. The molecule has 1 aromatic carbocycles. The third kappa shape index (κ3) is 3.91. The van der Waals surface area contributed by atoms with Crippen LogP contribution in [-0.4, -0.2) is 19.6 Å². The quantitative estimate of drug-likeness (QED) is 0.846. The lowest BCUT2D eigenvalue weighted by Gasteiger charge is -2.11. The third-order valence-corrected chi connectivity index (χ3v) is 2.51. The highest BCUT2D eigenvalue weighted by Crippen LogP contribution is 2.22. The highest BCUT2D eigenvalue weighted by molar-refractivity contribution is 6.35. The summed E-state index contributed by atoms with van der Waals surface area (Å²) in [6.07, 6.45) is 0. The molecule has 1 atom stereocenters. The van der Waals surface area contributed by atoms with Crippen molar-refractivity contribution in [2.45, 2.75) is 6.92 Å². The smallest absolute Gasteiger partial charge is 0.310 e. The minimum Gasteiger partial charge on any atom is -0.469 e. The van der Waals surface area contributed by atoms with Crippen molar-refractivity contribution in [1.29, 1.82) is 0 Å². The van der Waals surface area contributed by atoms with Crippen LogP contribution >= 0.6 is 23.2 Å². The first-order valence-corrected chi connectivity index (χ1v) is 5.56. The Morgan fingerprint density at radius 1 is 1.38 bits per heavy atom. The molecule has 0 saturated carbocycles. The first kappa shape index (κ1) is 13.1. The number of carbonyl (C=O) groups is 1. The second-order valence-corrected chi connectivity index (χ2v) is 4.34. The molecular weight excluding hydrogens is 249 g/mol. The molecule has 0 amide bonds. The number of methoxy groups -OCH3 is 1. The summed E-state index contributed by atoms with van der Waals surface area (Å²) in [5.74, 6) is -0.469. The van der Waals surface area contributed by atoms with Gasteiger partial charge in [0.15, 0.2) is 0 Å². The predicted molar refractivity (Wildman–Crippen MR) is 66.1 cm³/mol. The van der Waals surface area contributed by atoms with E-state index in [9.17, 15) is 4.79 Å². The minimum atomic E-state index is -0.249. The number of ether oxygens (including phenoxy) is 1. The number of esters is 1. The molecule has 0 heterocycles. The van der Waals surface area contributed by atoms with E-state index in [-0.39, 0.29) is 11.9 Å². The summed E-state index contributed by atoms with van der Waals surface area (Å²) < 4.78 is 4.62. The summed E-state index contributed by atoms with van der Waals surface area (Å²) in [6, 6.07) is 5.15. The monoisotopic (exact) mass is 261 g/mol. The van der Waals surface area contributed by atoms with E-state index in [4.69, 9.17) is 23.2 Å². The summed E-state index contributed by atoms with van der Waals surface area (Å²) in [6.45, 7) is 2.26. The minimum absolute atomic E-state index is 0.220. The fourth-order valence-corrected chi connectivity index (χ4v) is 1.74. The summed E-state index contributed by atoms with van der Waals surface area (Å²) in [5.41, 5.74) is 0.785. The molecule has 0 spiro atoms. The van der Waals surface area contributed by atoms with Gasteiger partial charge in [-0.3, -0.25) is 4.79 Å². The van der Waals surface area contributed by atoms with Gasteiger partial charge in [0.25, 0.3) is 0 Å². The Morgan fingerprint density at radius 2 is 1.94 bits per heavy atom. The Morgan fingerprint density at radius 3 is 2.44 bits per heavy atom. The van der Waals surface area contributed by atoms with Gasteiger partial charge in [0.1, 0.15) is 0 Å². The highest BCUT2D eigenvalue weighted by atomic mass is 35.5. The van der Waals surface area contributed by atoms with Crippen molar-refractivity contribution in [3.63, 3.8) is 0 Å². The average molecular weight is 262 g/mol. The Bertz CT molecular complexity index is 362. The Hall–Kier alpha value is -0.930. The number of nitrogens with one attached hydrogen (secondary N) is 1.